The van der Waals surface area contributed by atoms with Gasteiger partial charge in [0.05, 0.1) is 12.5 Å². The van der Waals surface area contributed by atoms with Crippen LogP contribution in [0.1, 0.15) is 17.9 Å². The predicted molar refractivity (Wildman–Crippen MR) is 56.6 cm³/mol. The summed E-state index contributed by atoms with van der Waals surface area (Å²) in [6.45, 7) is 0.356. The molecule has 1 N–H and O–H groups in total. The summed E-state index contributed by atoms with van der Waals surface area (Å²) in [5.41, 5.74) is 0.561. The molecule has 0 radical (unpaired) electrons. The lowest BCUT2D eigenvalue weighted by atomic mass is 9.87. The molecule has 1 heterocycles. The molecule has 1 fully saturated rings. The van der Waals surface area contributed by atoms with E-state index in [2.05, 4.69) is 5.32 Å². The van der Waals surface area contributed by atoms with Gasteiger partial charge in [0.1, 0.15) is 0 Å². The molecule has 82 valence electrons. The van der Waals surface area contributed by atoms with Gasteiger partial charge in [-0.15, -0.1) is 0 Å². The highest BCUT2D eigenvalue weighted by Gasteiger charge is 2.42. The smallest absolute Gasteiger partial charge is 0.267 e. The number of nitrogens with one attached hydrogen (secondary N) is 1. The van der Waals surface area contributed by atoms with Crippen molar-refractivity contribution in [3.63, 3.8) is 0 Å². The first-order valence-corrected chi connectivity index (χ1v) is 5.32. The van der Waals surface area contributed by atoms with Crippen molar-refractivity contribution in [3.8, 4) is 0 Å². The van der Waals surface area contributed by atoms with E-state index in [9.17, 15) is 8.78 Å². The van der Waals surface area contributed by atoms with Crippen LogP contribution in [0.5, 0.6) is 0 Å². The van der Waals surface area contributed by atoms with Gasteiger partial charge in [-0.2, -0.15) is 0 Å². The van der Waals surface area contributed by atoms with Gasteiger partial charge in [0.2, 0.25) is 0 Å². The Morgan fingerprint density at radius 1 is 1.33 bits per heavy atom. The minimum absolute atomic E-state index is 0.261. The maximum Gasteiger partial charge on any atom is 0.267 e. The van der Waals surface area contributed by atoms with E-state index in [4.69, 9.17) is 11.6 Å². The van der Waals surface area contributed by atoms with Crippen LogP contribution in [-0.2, 0) is 0 Å². The van der Waals surface area contributed by atoms with Crippen LogP contribution in [0.4, 0.5) is 8.78 Å². The largest absolute Gasteiger partial charge is 0.311 e. The van der Waals surface area contributed by atoms with Crippen molar-refractivity contribution in [2.45, 2.75) is 18.3 Å². The number of benzene rings is 1. The van der Waals surface area contributed by atoms with Gasteiger partial charge in [-0.1, -0.05) is 29.8 Å². The molecule has 1 aliphatic rings. The lowest BCUT2D eigenvalue weighted by molar-refractivity contribution is -0.0419. The van der Waals surface area contributed by atoms with Gasteiger partial charge in [0.25, 0.3) is 5.92 Å². The summed E-state index contributed by atoms with van der Waals surface area (Å²) in [7, 11) is 0. The van der Waals surface area contributed by atoms with Crippen LogP contribution in [0.3, 0.4) is 0 Å². The zero-order chi connectivity index (χ0) is 10.9. The minimum Gasteiger partial charge on any atom is -0.311 e. The van der Waals surface area contributed by atoms with Crippen molar-refractivity contribution in [1.29, 1.82) is 0 Å². The molecule has 0 aliphatic carbocycles. The van der Waals surface area contributed by atoms with Crippen molar-refractivity contribution in [1.82, 2.24) is 5.32 Å². The second kappa shape index (κ2) is 4.06. The molecule has 1 aromatic rings. The average Bonchev–Trinajstić information content (AvgIpc) is 2.19. The van der Waals surface area contributed by atoms with Gasteiger partial charge in [-0.3, -0.25) is 0 Å². The van der Waals surface area contributed by atoms with E-state index in [1.807, 2.05) is 0 Å². The highest BCUT2D eigenvalue weighted by atomic mass is 35.5. The molecule has 1 aromatic carbocycles. The molecule has 1 nitrogen and oxygen atoms in total. The molecule has 1 unspecified atom stereocenters. The molecule has 1 aliphatic heterocycles. The second-order valence-corrected chi connectivity index (χ2v) is 4.21. The van der Waals surface area contributed by atoms with Crippen LogP contribution in [0.2, 0.25) is 5.02 Å². The third-order valence-electron chi connectivity index (χ3n) is 2.76. The number of halogens is 3. The van der Waals surface area contributed by atoms with Crippen molar-refractivity contribution in [2.75, 3.05) is 13.1 Å². The van der Waals surface area contributed by atoms with Crippen LogP contribution in [0, 0.1) is 0 Å². The average molecular weight is 232 g/mol. The van der Waals surface area contributed by atoms with Crippen LogP contribution in [-0.4, -0.2) is 19.0 Å². The molecule has 0 spiro atoms. The highest BCUT2D eigenvalue weighted by Crippen LogP contribution is 2.40. The topological polar surface area (TPSA) is 12.0 Å². The minimum atomic E-state index is -2.71. The van der Waals surface area contributed by atoms with E-state index in [1.165, 1.54) is 0 Å². The summed E-state index contributed by atoms with van der Waals surface area (Å²) in [4.78, 5) is 0. The Morgan fingerprint density at radius 2 is 2.07 bits per heavy atom. The molecular weight excluding hydrogens is 220 g/mol. The van der Waals surface area contributed by atoms with Crippen molar-refractivity contribution >= 4 is 11.6 Å². The fraction of sp³-hybridized carbons (Fsp3) is 0.455. The van der Waals surface area contributed by atoms with Gasteiger partial charge < -0.3 is 5.32 Å². The Labute approximate surface area is 92.4 Å². The number of hydrogen-bond acceptors (Lipinski definition) is 1. The summed E-state index contributed by atoms with van der Waals surface area (Å²) < 4.78 is 27.2. The molecule has 0 saturated carbocycles. The Hall–Kier alpha value is -0.670. The maximum absolute atomic E-state index is 13.6. The molecule has 0 aromatic heterocycles. The van der Waals surface area contributed by atoms with Crippen molar-refractivity contribution in [3.05, 3.63) is 34.9 Å². The first-order chi connectivity index (χ1) is 7.11. The number of rotatable bonds is 1. The van der Waals surface area contributed by atoms with Crippen LogP contribution >= 0.6 is 11.6 Å². The fourth-order valence-electron chi connectivity index (χ4n) is 1.98. The summed E-state index contributed by atoms with van der Waals surface area (Å²) in [5.74, 6) is -3.46. The van der Waals surface area contributed by atoms with E-state index in [0.29, 0.717) is 23.6 Å². The predicted octanol–water partition coefficient (Wildman–Crippen LogP) is 3.05. The van der Waals surface area contributed by atoms with E-state index < -0.39 is 11.8 Å². The van der Waals surface area contributed by atoms with E-state index in [1.54, 1.807) is 24.3 Å². The van der Waals surface area contributed by atoms with Crippen LogP contribution in [0.25, 0.3) is 0 Å². The van der Waals surface area contributed by atoms with E-state index in [0.717, 1.165) is 0 Å². The summed E-state index contributed by atoms with van der Waals surface area (Å²) in [5, 5.41) is 3.14. The van der Waals surface area contributed by atoms with Crippen LogP contribution < -0.4 is 5.32 Å². The lowest BCUT2D eigenvalue weighted by Crippen LogP contribution is -2.44. The SMILES string of the molecule is FC1(F)CNCCC1c1ccccc1Cl. The van der Waals surface area contributed by atoms with E-state index >= 15 is 0 Å². The van der Waals surface area contributed by atoms with Crippen molar-refractivity contribution < 1.29 is 8.78 Å². The van der Waals surface area contributed by atoms with Crippen LogP contribution in [0.15, 0.2) is 24.3 Å². The first kappa shape index (κ1) is 10.8. The third-order valence-corrected chi connectivity index (χ3v) is 3.11. The van der Waals surface area contributed by atoms with Crippen molar-refractivity contribution in [2.24, 2.45) is 0 Å². The Morgan fingerprint density at radius 3 is 2.73 bits per heavy atom. The molecule has 0 bridgehead atoms. The second-order valence-electron chi connectivity index (χ2n) is 3.80. The monoisotopic (exact) mass is 231 g/mol. The standard InChI is InChI=1S/C11H12ClF2N/c12-10-4-2-1-3-8(10)9-5-6-15-7-11(9,13)14/h1-4,9,15H,5-7H2. The Balaban J connectivity index is 2.33. The molecule has 4 heteroatoms. The highest BCUT2D eigenvalue weighted by molar-refractivity contribution is 6.31. The third kappa shape index (κ3) is 2.13. The first-order valence-electron chi connectivity index (χ1n) is 4.94. The summed E-state index contributed by atoms with van der Waals surface area (Å²) >= 11 is 5.93. The molecular formula is C11H12ClF2N. The molecule has 0 amide bonds. The van der Waals surface area contributed by atoms with Gasteiger partial charge >= 0.3 is 0 Å². The molecule has 2 rings (SSSR count). The summed E-state index contributed by atoms with van der Waals surface area (Å²) in [6.07, 6.45) is 0.427. The zero-order valence-corrected chi connectivity index (χ0v) is 8.90. The quantitative estimate of drug-likeness (QED) is 0.783. The van der Waals surface area contributed by atoms with Gasteiger partial charge in [-0.05, 0) is 24.6 Å². The van der Waals surface area contributed by atoms with Gasteiger partial charge in [0, 0.05) is 5.02 Å². The Kier molecular flexibility index (Phi) is 2.94. The molecule has 1 atom stereocenters. The summed E-state index contributed by atoms with van der Waals surface area (Å²) in [6, 6.07) is 6.85. The number of alkyl halides is 2. The van der Waals surface area contributed by atoms with Gasteiger partial charge in [-0.25, -0.2) is 8.78 Å². The lowest BCUT2D eigenvalue weighted by Gasteiger charge is -2.32. The normalized spacial score (nSPS) is 25.1. The van der Waals surface area contributed by atoms with E-state index in [-0.39, 0.29) is 6.54 Å². The number of piperidine rings is 1. The maximum atomic E-state index is 13.6. The fourth-order valence-corrected chi connectivity index (χ4v) is 2.24. The number of hydrogen-bond donors (Lipinski definition) is 1. The molecule has 1 saturated heterocycles. The Bertz CT molecular complexity index is 354. The van der Waals surface area contributed by atoms with Gasteiger partial charge in [0.15, 0.2) is 0 Å². The molecule has 15 heavy (non-hydrogen) atoms. The zero-order valence-electron chi connectivity index (χ0n) is 8.14.